The van der Waals surface area contributed by atoms with E-state index < -0.39 is 11.7 Å². The van der Waals surface area contributed by atoms with Crippen molar-refractivity contribution in [1.82, 2.24) is 10.3 Å². The first-order valence-corrected chi connectivity index (χ1v) is 7.83. The molecule has 2 heterocycles. The normalized spacial score (nSPS) is 17.3. The summed E-state index contributed by atoms with van der Waals surface area (Å²) in [5, 5.41) is 3.11. The van der Waals surface area contributed by atoms with Crippen molar-refractivity contribution >= 4 is 21.7 Å². The Morgan fingerprint density at radius 2 is 2.05 bits per heavy atom. The van der Waals surface area contributed by atoms with Crippen molar-refractivity contribution < 1.29 is 13.2 Å². The summed E-state index contributed by atoms with van der Waals surface area (Å²) in [5.41, 5.74) is -0.662. The Balaban J connectivity index is 2.10. The molecule has 1 N–H and O–H groups in total. The summed E-state index contributed by atoms with van der Waals surface area (Å²) in [5.74, 6) is 0.635. The highest BCUT2D eigenvalue weighted by atomic mass is 79.9. The lowest BCUT2D eigenvalue weighted by molar-refractivity contribution is -0.137. The Hall–Kier alpha value is -0.820. The summed E-state index contributed by atoms with van der Waals surface area (Å²) in [6.07, 6.45) is -0.0512. The van der Waals surface area contributed by atoms with Crippen molar-refractivity contribution in [3.05, 3.63) is 22.3 Å². The molecular weight excluding hydrogens is 347 g/mol. The number of hydrogen-bond donors (Lipinski definition) is 1. The number of pyridine rings is 1. The molecule has 0 amide bonds. The van der Waals surface area contributed by atoms with Gasteiger partial charge in [-0.2, -0.15) is 13.2 Å². The van der Waals surface area contributed by atoms with Crippen LogP contribution in [-0.2, 0) is 6.18 Å². The van der Waals surface area contributed by atoms with Crippen molar-refractivity contribution in [3.63, 3.8) is 0 Å². The standard InChI is InChI=1S/C14H19BrF3N3/c1-19-5-2-10-3-6-21(7-4-10)13-12(14(16,17)18)8-11(15)9-20-13/h8-10,19H,2-7H2,1H3. The van der Waals surface area contributed by atoms with E-state index in [1.165, 1.54) is 6.20 Å². The second kappa shape index (κ2) is 6.96. The van der Waals surface area contributed by atoms with Crippen LogP contribution in [0, 0.1) is 5.92 Å². The molecule has 0 saturated carbocycles. The van der Waals surface area contributed by atoms with Crippen molar-refractivity contribution in [2.24, 2.45) is 5.92 Å². The fourth-order valence-corrected chi connectivity index (χ4v) is 3.01. The van der Waals surface area contributed by atoms with Crippen LogP contribution in [-0.4, -0.2) is 31.7 Å². The van der Waals surface area contributed by atoms with E-state index in [1.54, 1.807) is 4.90 Å². The van der Waals surface area contributed by atoms with Crippen LogP contribution >= 0.6 is 15.9 Å². The molecule has 0 aromatic carbocycles. The largest absolute Gasteiger partial charge is 0.419 e. The molecule has 1 aromatic rings. The maximum Gasteiger partial charge on any atom is 0.419 e. The molecule has 0 radical (unpaired) electrons. The summed E-state index contributed by atoms with van der Waals surface area (Å²) in [6, 6.07) is 1.11. The van der Waals surface area contributed by atoms with E-state index in [-0.39, 0.29) is 5.82 Å². The fraction of sp³-hybridized carbons (Fsp3) is 0.643. The van der Waals surface area contributed by atoms with Crippen LogP contribution in [0.25, 0.3) is 0 Å². The van der Waals surface area contributed by atoms with Crippen molar-refractivity contribution in [2.75, 3.05) is 31.6 Å². The minimum absolute atomic E-state index is 0.0535. The van der Waals surface area contributed by atoms with Crippen molar-refractivity contribution in [2.45, 2.75) is 25.4 Å². The molecule has 0 unspecified atom stereocenters. The van der Waals surface area contributed by atoms with Crippen LogP contribution in [0.5, 0.6) is 0 Å². The van der Waals surface area contributed by atoms with E-state index in [4.69, 9.17) is 0 Å². The number of anilines is 1. The van der Waals surface area contributed by atoms with Gasteiger partial charge in [-0.25, -0.2) is 4.98 Å². The van der Waals surface area contributed by atoms with Gasteiger partial charge in [0.1, 0.15) is 5.82 Å². The highest BCUT2D eigenvalue weighted by molar-refractivity contribution is 9.10. The highest BCUT2D eigenvalue weighted by Crippen LogP contribution is 2.38. The first-order chi connectivity index (χ1) is 9.91. The van der Waals surface area contributed by atoms with Gasteiger partial charge in [-0.3, -0.25) is 0 Å². The molecular formula is C14H19BrF3N3. The number of halogens is 4. The third kappa shape index (κ3) is 4.32. The average molecular weight is 366 g/mol. The van der Waals surface area contributed by atoms with E-state index in [2.05, 4.69) is 26.2 Å². The molecule has 118 valence electrons. The zero-order valence-electron chi connectivity index (χ0n) is 11.9. The predicted molar refractivity (Wildman–Crippen MR) is 80.4 cm³/mol. The molecule has 2 rings (SSSR count). The van der Waals surface area contributed by atoms with Gasteiger partial charge in [0, 0.05) is 23.8 Å². The van der Waals surface area contributed by atoms with E-state index in [0.29, 0.717) is 23.5 Å². The third-order valence-corrected chi connectivity index (χ3v) is 4.29. The van der Waals surface area contributed by atoms with Gasteiger partial charge in [0.15, 0.2) is 0 Å². The predicted octanol–water partition coefficient (Wildman–Crippen LogP) is 3.69. The maximum atomic E-state index is 13.1. The van der Waals surface area contributed by atoms with Gasteiger partial charge in [0.25, 0.3) is 0 Å². The van der Waals surface area contributed by atoms with Gasteiger partial charge in [-0.05, 0) is 60.8 Å². The Kier molecular flexibility index (Phi) is 5.48. The summed E-state index contributed by atoms with van der Waals surface area (Å²) >= 11 is 3.06. The average Bonchev–Trinajstić information content (AvgIpc) is 2.45. The molecule has 3 nitrogen and oxygen atoms in total. The summed E-state index contributed by atoms with van der Waals surface area (Å²) in [6.45, 7) is 2.22. The van der Waals surface area contributed by atoms with Gasteiger partial charge in [-0.1, -0.05) is 0 Å². The Labute approximate surface area is 131 Å². The van der Waals surface area contributed by atoms with Crippen LogP contribution in [0.2, 0.25) is 0 Å². The van der Waals surface area contributed by atoms with Crippen LogP contribution in [0.3, 0.4) is 0 Å². The molecule has 1 aliphatic heterocycles. The monoisotopic (exact) mass is 365 g/mol. The second-order valence-corrected chi connectivity index (χ2v) is 6.26. The summed E-state index contributed by atoms with van der Waals surface area (Å²) in [7, 11) is 1.91. The molecule has 1 aromatic heterocycles. The zero-order valence-corrected chi connectivity index (χ0v) is 13.5. The van der Waals surface area contributed by atoms with Crippen molar-refractivity contribution in [1.29, 1.82) is 0 Å². The molecule has 1 aliphatic rings. The molecule has 0 aliphatic carbocycles. The lowest BCUT2D eigenvalue weighted by atomic mass is 9.93. The number of alkyl halides is 3. The molecule has 0 atom stereocenters. The number of aromatic nitrogens is 1. The van der Waals surface area contributed by atoms with Crippen LogP contribution in [0.1, 0.15) is 24.8 Å². The third-order valence-electron chi connectivity index (χ3n) is 3.86. The number of rotatable bonds is 4. The Bertz CT molecular complexity index is 471. The van der Waals surface area contributed by atoms with Crippen LogP contribution in [0.4, 0.5) is 19.0 Å². The summed E-state index contributed by atoms with van der Waals surface area (Å²) < 4.78 is 39.7. The van der Waals surface area contributed by atoms with Gasteiger partial charge >= 0.3 is 6.18 Å². The molecule has 0 bridgehead atoms. The quantitative estimate of drug-likeness (QED) is 0.881. The van der Waals surface area contributed by atoms with Gasteiger partial charge in [0.2, 0.25) is 0 Å². The molecule has 0 spiro atoms. The number of nitrogens with one attached hydrogen (secondary N) is 1. The Morgan fingerprint density at radius 3 is 2.62 bits per heavy atom. The first-order valence-electron chi connectivity index (χ1n) is 7.04. The maximum absolute atomic E-state index is 13.1. The zero-order chi connectivity index (χ0) is 15.5. The van der Waals surface area contributed by atoms with Gasteiger partial charge in [-0.15, -0.1) is 0 Å². The fourth-order valence-electron chi connectivity index (χ4n) is 2.67. The van der Waals surface area contributed by atoms with Gasteiger partial charge in [0.05, 0.1) is 5.56 Å². The second-order valence-electron chi connectivity index (χ2n) is 5.35. The number of hydrogen-bond acceptors (Lipinski definition) is 3. The number of piperidine rings is 1. The van der Waals surface area contributed by atoms with Crippen LogP contribution < -0.4 is 10.2 Å². The Morgan fingerprint density at radius 1 is 1.38 bits per heavy atom. The summed E-state index contributed by atoms with van der Waals surface area (Å²) in [4.78, 5) is 5.76. The molecule has 7 heteroatoms. The SMILES string of the molecule is CNCCC1CCN(c2ncc(Br)cc2C(F)(F)F)CC1. The van der Waals surface area contributed by atoms with Gasteiger partial charge < -0.3 is 10.2 Å². The topological polar surface area (TPSA) is 28.2 Å². The van der Waals surface area contributed by atoms with Crippen molar-refractivity contribution in [3.8, 4) is 0 Å². The lowest BCUT2D eigenvalue weighted by Gasteiger charge is -2.34. The van der Waals surface area contributed by atoms with E-state index in [1.807, 2.05) is 7.05 Å². The highest BCUT2D eigenvalue weighted by Gasteiger charge is 2.36. The van der Waals surface area contributed by atoms with Crippen LogP contribution in [0.15, 0.2) is 16.7 Å². The first kappa shape index (κ1) is 16.5. The number of nitrogens with zero attached hydrogens (tertiary/aromatic N) is 2. The minimum atomic E-state index is -4.38. The van der Waals surface area contributed by atoms with E-state index in [0.717, 1.165) is 31.9 Å². The lowest BCUT2D eigenvalue weighted by Crippen LogP contribution is -2.36. The van der Waals surface area contributed by atoms with E-state index in [9.17, 15) is 13.2 Å². The molecule has 21 heavy (non-hydrogen) atoms. The molecule has 1 saturated heterocycles. The molecule has 1 fully saturated rings. The minimum Gasteiger partial charge on any atom is -0.356 e. The smallest absolute Gasteiger partial charge is 0.356 e. The van der Waals surface area contributed by atoms with E-state index >= 15 is 0 Å².